The molecule has 0 aliphatic heterocycles. The lowest BCUT2D eigenvalue weighted by molar-refractivity contribution is 0.0999. The number of nitrogens with two attached hydrogens (primary N) is 2. The Hall–Kier alpha value is -2.61. The third-order valence-corrected chi connectivity index (χ3v) is 2.07. The van der Waals surface area contributed by atoms with Gasteiger partial charge in [0.15, 0.2) is 0 Å². The van der Waals surface area contributed by atoms with Crippen molar-refractivity contribution in [1.82, 2.24) is 0 Å². The number of anilines is 1. The molecule has 0 fully saturated rings. The van der Waals surface area contributed by atoms with Gasteiger partial charge in [0.1, 0.15) is 6.61 Å². The quantitative estimate of drug-likeness (QED) is 0.564. The molecule has 0 saturated heterocycles. The molecular weight excluding hydrogens is 254 g/mol. The molecule has 8 heteroatoms. The molecule has 19 heavy (non-hydrogen) atoms. The highest BCUT2D eigenvalue weighted by molar-refractivity contribution is 6.01. The van der Waals surface area contributed by atoms with Gasteiger partial charge in [-0.1, -0.05) is 0 Å². The maximum Gasteiger partial charge on any atom is 0.411 e. The third-order valence-electron chi connectivity index (χ3n) is 2.07. The zero-order valence-electron chi connectivity index (χ0n) is 9.88. The summed E-state index contributed by atoms with van der Waals surface area (Å²) in [5, 5.41) is 10.8. The first kappa shape index (κ1) is 14.5. The maximum absolute atomic E-state index is 11.3. The fraction of sp³-hybridized carbons (Fsp3) is 0.182. The predicted octanol–water partition coefficient (Wildman–Crippen LogP) is -0.575. The van der Waals surface area contributed by atoms with Gasteiger partial charge in [-0.05, 0) is 18.2 Å². The summed E-state index contributed by atoms with van der Waals surface area (Å²) in [4.78, 5) is 33.4. The minimum atomic E-state index is -0.842. The fourth-order valence-electron chi connectivity index (χ4n) is 1.28. The van der Waals surface area contributed by atoms with E-state index in [-0.39, 0.29) is 30.0 Å². The first-order valence-electron chi connectivity index (χ1n) is 5.23. The Balaban J connectivity index is 2.96. The van der Waals surface area contributed by atoms with Gasteiger partial charge in [0.05, 0.1) is 6.61 Å². The van der Waals surface area contributed by atoms with Crippen molar-refractivity contribution in [2.45, 2.75) is 0 Å². The Morgan fingerprint density at radius 3 is 2.05 bits per heavy atom. The molecule has 0 aliphatic rings. The standard InChI is InChI=1S/C11H13N3O5/c12-9(16)6-3-7(10(13)17)5-8(4-6)14-11(18)19-2-1-15/h3-5,15H,1-2H2,(H2,12,16)(H2,13,17)(H,14,18). The van der Waals surface area contributed by atoms with Gasteiger partial charge in [0.25, 0.3) is 0 Å². The van der Waals surface area contributed by atoms with Crippen molar-refractivity contribution in [3.63, 3.8) is 0 Å². The number of carbonyl (C=O) groups excluding carboxylic acids is 3. The molecule has 0 radical (unpaired) electrons. The molecule has 3 amide bonds. The van der Waals surface area contributed by atoms with E-state index in [4.69, 9.17) is 16.6 Å². The highest BCUT2D eigenvalue weighted by Gasteiger charge is 2.11. The number of aliphatic hydroxyl groups excluding tert-OH is 1. The Bertz CT molecular complexity index is 483. The number of hydrogen-bond donors (Lipinski definition) is 4. The van der Waals surface area contributed by atoms with Crippen LogP contribution in [0.5, 0.6) is 0 Å². The van der Waals surface area contributed by atoms with Crippen LogP contribution < -0.4 is 16.8 Å². The summed E-state index contributed by atoms with van der Waals surface area (Å²) in [5.74, 6) is -1.54. The summed E-state index contributed by atoms with van der Waals surface area (Å²) >= 11 is 0. The monoisotopic (exact) mass is 267 g/mol. The normalized spacial score (nSPS) is 9.74. The summed E-state index contributed by atoms with van der Waals surface area (Å²) in [6.45, 7) is -0.495. The fourth-order valence-corrected chi connectivity index (χ4v) is 1.28. The Labute approximate surface area is 108 Å². The Kier molecular flexibility index (Phi) is 4.84. The Morgan fingerprint density at radius 2 is 1.63 bits per heavy atom. The van der Waals surface area contributed by atoms with Gasteiger partial charge in [0.2, 0.25) is 11.8 Å². The second kappa shape index (κ2) is 6.36. The molecule has 1 aromatic rings. The molecule has 1 rings (SSSR count). The van der Waals surface area contributed by atoms with Crippen LogP contribution in [0.2, 0.25) is 0 Å². The van der Waals surface area contributed by atoms with Gasteiger partial charge in [-0.3, -0.25) is 14.9 Å². The molecule has 1 aromatic carbocycles. The van der Waals surface area contributed by atoms with Crippen LogP contribution in [0.4, 0.5) is 10.5 Å². The van der Waals surface area contributed by atoms with E-state index in [0.29, 0.717) is 0 Å². The zero-order valence-corrected chi connectivity index (χ0v) is 9.88. The van der Waals surface area contributed by atoms with Gasteiger partial charge in [-0.25, -0.2) is 4.79 Å². The summed E-state index contributed by atoms with van der Waals surface area (Å²) in [5.41, 5.74) is 10.4. The lowest BCUT2D eigenvalue weighted by Gasteiger charge is -2.08. The van der Waals surface area contributed by atoms with E-state index in [1.807, 2.05) is 0 Å². The topological polar surface area (TPSA) is 145 Å². The summed E-state index contributed by atoms with van der Waals surface area (Å²) in [6, 6.07) is 3.76. The molecule has 0 atom stereocenters. The lowest BCUT2D eigenvalue weighted by atomic mass is 10.1. The van der Waals surface area contributed by atoms with Gasteiger partial charge < -0.3 is 21.3 Å². The smallest absolute Gasteiger partial charge is 0.411 e. The largest absolute Gasteiger partial charge is 0.447 e. The van der Waals surface area contributed by atoms with Crippen LogP contribution in [0.1, 0.15) is 20.7 Å². The zero-order chi connectivity index (χ0) is 14.4. The molecule has 0 spiro atoms. The molecule has 0 aliphatic carbocycles. The highest BCUT2D eigenvalue weighted by atomic mass is 16.6. The van der Waals surface area contributed by atoms with Crippen molar-refractivity contribution >= 4 is 23.6 Å². The second-order valence-corrected chi connectivity index (χ2v) is 3.51. The van der Waals surface area contributed by atoms with Gasteiger partial charge in [0, 0.05) is 16.8 Å². The maximum atomic E-state index is 11.3. The van der Waals surface area contributed by atoms with E-state index in [2.05, 4.69) is 10.1 Å². The number of carbonyl (C=O) groups is 3. The number of amides is 3. The number of nitrogens with one attached hydrogen (secondary N) is 1. The summed E-state index contributed by atoms with van der Waals surface area (Å²) in [6.07, 6.45) is -0.842. The number of aliphatic hydroxyl groups is 1. The van der Waals surface area contributed by atoms with E-state index in [9.17, 15) is 14.4 Å². The Morgan fingerprint density at radius 1 is 1.11 bits per heavy atom. The molecule has 8 nitrogen and oxygen atoms in total. The predicted molar refractivity (Wildman–Crippen MR) is 65.5 cm³/mol. The summed E-state index contributed by atoms with van der Waals surface area (Å²) < 4.78 is 4.56. The molecule has 0 bridgehead atoms. The van der Waals surface area contributed by atoms with Crippen molar-refractivity contribution in [3.05, 3.63) is 29.3 Å². The second-order valence-electron chi connectivity index (χ2n) is 3.51. The lowest BCUT2D eigenvalue weighted by Crippen LogP contribution is -2.19. The first-order valence-corrected chi connectivity index (χ1v) is 5.23. The SMILES string of the molecule is NC(=O)c1cc(NC(=O)OCCO)cc(C(N)=O)c1. The van der Waals surface area contributed by atoms with Crippen LogP contribution in [0.15, 0.2) is 18.2 Å². The molecule has 6 N–H and O–H groups in total. The van der Waals surface area contributed by atoms with E-state index >= 15 is 0 Å². The van der Waals surface area contributed by atoms with Crippen molar-refractivity contribution in [2.75, 3.05) is 18.5 Å². The van der Waals surface area contributed by atoms with Gasteiger partial charge in [-0.2, -0.15) is 0 Å². The molecule has 0 heterocycles. The minimum Gasteiger partial charge on any atom is -0.447 e. The van der Waals surface area contributed by atoms with Crippen LogP contribution >= 0.6 is 0 Å². The molecule has 0 aromatic heterocycles. The van der Waals surface area contributed by atoms with E-state index in [0.717, 1.165) is 0 Å². The van der Waals surface area contributed by atoms with E-state index < -0.39 is 17.9 Å². The van der Waals surface area contributed by atoms with E-state index in [1.165, 1.54) is 18.2 Å². The number of benzene rings is 1. The van der Waals surface area contributed by atoms with Gasteiger partial charge in [-0.15, -0.1) is 0 Å². The highest BCUT2D eigenvalue weighted by Crippen LogP contribution is 2.15. The van der Waals surface area contributed by atoms with Crippen LogP contribution in [-0.2, 0) is 4.74 Å². The first-order chi connectivity index (χ1) is 8.93. The molecule has 0 saturated carbocycles. The van der Waals surface area contributed by atoms with Crippen molar-refractivity contribution in [3.8, 4) is 0 Å². The average Bonchev–Trinajstić information content (AvgIpc) is 2.35. The number of ether oxygens (including phenoxy) is 1. The number of rotatable bonds is 5. The summed E-state index contributed by atoms with van der Waals surface area (Å²) in [7, 11) is 0. The van der Waals surface area contributed by atoms with Gasteiger partial charge >= 0.3 is 6.09 Å². The van der Waals surface area contributed by atoms with E-state index in [1.54, 1.807) is 0 Å². The van der Waals surface area contributed by atoms with Crippen molar-refractivity contribution in [2.24, 2.45) is 11.5 Å². The van der Waals surface area contributed by atoms with Crippen molar-refractivity contribution in [1.29, 1.82) is 0 Å². The average molecular weight is 267 g/mol. The van der Waals surface area contributed by atoms with Crippen LogP contribution in [0, 0.1) is 0 Å². The molecule has 102 valence electrons. The number of primary amides is 2. The minimum absolute atomic E-state index is 0.0220. The van der Waals surface area contributed by atoms with Crippen LogP contribution in [0.3, 0.4) is 0 Å². The molecular formula is C11H13N3O5. The van der Waals surface area contributed by atoms with Crippen LogP contribution in [0.25, 0.3) is 0 Å². The third kappa shape index (κ3) is 4.28. The van der Waals surface area contributed by atoms with Crippen LogP contribution in [-0.4, -0.2) is 36.2 Å². The number of hydrogen-bond acceptors (Lipinski definition) is 5. The molecule has 0 unspecified atom stereocenters. The van der Waals surface area contributed by atoms with Crippen molar-refractivity contribution < 1.29 is 24.2 Å².